The molecule has 1 aromatic heterocycles. The zero-order valence-electron chi connectivity index (χ0n) is 20.5. The smallest absolute Gasteiger partial charge is 0.251 e. The van der Waals surface area contributed by atoms with E-state index < -0.39 is 18.1 Å². The number of para-hydroxylation sites is 1. The minimum Gasteiger partial charge on any atom is -0.343 e. The number of hydrogen-bond acceptors (Lipinski definition) is 5. The van der Waals surface area contributed by atoms with Crippen LogP contribution in [-0.4, -0.2) is 47.4 Å². The van der Waals surface area contributed by atoms with Gasteiger partial charge in [-0.1, -0.05) is 50.5 Å². The van der Waals surface area contributed by atoms with Crippen LogP contribution >= 0.6 is 0 Å². The molecule has 0 bridgehead atoms. The first-order valence-corrected chi connectivity index (χ1v) is 12.7. The molecule has 3 N–H and O–H groups in total. The molecule has 1 fully saturated rings. The summed E-state index contributed by atoms with van der Waals surface area (Å²) in [6, 6.07) is 11.1. The maximum Gasteiger partial charge on any atom is 0.251 e. The van der Waals surface area contributed by atoms with Crippen molar-refractivity contribution in [2.24, 2.45) is 5.92 Å². The van der Waals surface area contributed by atoms with Crippen LogP contribution in [0.1, 0.15) is 51.5 Å². The topological polar surface area (TPSA) is 103 Å². The van der Waals surface area contributed by atoms with Gasteiger partial charge in [0.25, 0.3) is 5.91 Å². The van der Waals surface area contributed by atoms with Gasteiger partial charge in [-0.2, -0.15) is 0 Å². The van der Waals surface area contributed by atoms with Crippen LogP contribution in [0.3, 0.4) is 0 Å². The van der Waals surface area contributed by atoms with Gasteiger partial charge in [0.15, 0.2) is 0 Å². The van der Waals surface area contributed by atoms with Gasteiger partial charge in [0.2, 0.25) is 11.8 Å². The number of carbonyl (C=O) groups is 3. The Morgan fingerprint density at radius 3 is 2.51 bits per heavy atom. The first kappa shape index (κ1) is 24.9. The Kier molecular flexibility index (Phi) is 8.13. The summed E-state index contributed by atoms with van der Waals surface area (Å²) in [5.74, 6) is -0.210. The summed E-state index contributed by atoms with van der Waals surface area (Å²) < 4.78 is 0. The molecule has 3 amide bonds. The average molecular weight is 478 g/mol. The third-order valence-corrected chi connectivity index (χ3v) is 6.99. The third kappa shape index (κ3) is 5.70. The molecule has 0 radical (unpaired) electrons. The van der Waals surface area contributed by atoms with Gasteiger partial charge in [-0.15, -0.1) is 0 Å². The molecule has 0 saturated heterocycles. The van der Waals surface area contributed by atoms with Crippen molar-refractivity contribution in [2.45, 2.75) is 70.5 Å². The van der Waals surface area contributed by atoms with Gasteiger partial charge in [0.1, 0.15) is 17.9 Å². The minimum atomic E-state index is -0.734. The highest BCUT2D eigenvalue weighted by atomic mass is 16.2. The van der Waals surface area contributed by atoms with Crippen molar-refractivity contribution in [3.63, 3.8) is 0 Å². The molecule has 0 spiro atoms. The van der Waals surface area contributed by atoms with Gasteiger partial charge in [-0.25, -0.2) is 4.98 Å². The quantitative estimate of drug-likeness (QED) is 0.542. The highest BCUT2D eigenvalue weighted by Crippen LogP contribution is 2.34. The van der Waals surface area contributed by atoms with Crippen molar-refractivity contribution >= 4 is 29.2 Å². The normalized spacial score (nSPS) is 19.5. The number of nitrogens with zero attached hydrogens (tertiary/aromatic N) is 2. The van der Waals surface area contributed by atoms with Crippen molar-refractivity contribution < 1.29 is 14.4 Å². The van der Waals surface area contributed by atoms with Crippen molar-refractivity contribution in [1.29, 1.82) is 0 Å². The number of benzene rings is 1. The number of carbonyl (C=O) groups excluding carboxylic acids is 3. The van der Waals surface area contributed by atoms with Gasteiger partial charge in [0.05, 0.1) is 6.04 Å². The lowest BCUT2D eigenvalue weighted by molar-refractivity contribution is -0.131. The lowest BCUT2D eigenvalue weighted by Gasteiger charge is -2.35. The summed E-state index contributed by atoms with van der Waals surface area (Å²) in [6.07, 6.45) is 6.95. The molecule has 4 rings (SSSR count). The molecule has 2 heterocycles. The lowest BCUT2D eigenvalue weighted by atomic mass is 9.83. The summed E-state index contributed by atoms with van der Waals surface area (Å²) in [5.41, 5.74) is 1.52. The Hall–Kier alpha value is -3.26. The summed E-state index contributed by atoms with van der Waals surface area (Å²) in [6.45, 7) is 4.39. The largest absolute Gasteiger partial charge is 0.343 e. The second-order valence-corrected chi connectivity index (χ2v) is 9.43. The highest BCUT2D eigenvalue weighted by molar-refractivity contribution is 6.09. The molecule has 8 heteroatoms. The van der Waals surface area contributed by atoms with Crippen molar-refractivity contribution in [1.82, 2.24) is 15.6 Å². The Morgan fingerprint density at radius 1 is 1.06 bits per heavy atom. The molecule has 2 aromatic rings. The van der Waals surface area contributed by atoms with E-state index in [1.54, 1.807) is 13.1 Å². The molecule has 186 valence electrons. The van der Waals surface area contributed by atoms with Gasteiger partial charge in [-0.3, -0.25) is 19.3 Å². The Morgan fingerprint density at radius 2 is 1.80 bits per heavy atom. The molecule has 2 unspecified atom stereocenters. The average Bonchev–Trinajstić information content (AvgIpc) is 3.28. The van der Waals surface area contributed by atoms with Crippen LogP contribution in [0.2, 0.25) is 0 Å². The number of nitrogens with one attached hydrogen (secondary N) is 3. The Bertz CT molecular complexity index is 1040. The number of likely N-dealkylation sites (N-methyl/N-ethyl adjacent to an activating group) is 1. The standard InChI is InChI=1S/C27H35N5O3/c1-3-28-18(2)25(33)31-23(19-11-6-4-7-12-19)27(35)32-22(17-20-13-10-16-29-24(20)32)26(34)30-21-14-8-5-9-15-21/h5,8-10,13-16,18-19,22-23,28H,3-4,6-7,11-12,17H2,1-2H3,(H,30,34)(H,31,33)/t18-,22?,23?/m0/s1. The number of fused-ring (bicyclic) bond motifs is 1. The van der Waals surface area contributed by atoms with Gasteiger partial charge < -0.3 is 16.0 Å². The van der Waals surface area contributed by atoms with E-state index in [9.17, 15) is 14.4 Å². The fourth-order valence-corrected chi connectivity index (χ4v) is 5.14. The Labute approximate surface area is 206 Å². The molecule has 1 aliphatic heterocycles. The summed E-state index contributed by atoms with van der Waals surface area (Å²) in [4.78, 5) is 46.5. The highest BCUT2D eigenvalue weighted by Gasteiger charge is 2.44. The number of hydrogen-bond donors (Lipinski definition) is 3. The number of amides is 3. The maximum atomic E-state index is 14.2. The molecule has 3 atom stereocenters. The summed E-state index contributed by atoms with van der Waals surface area (Å²) in [7, 11) is 0. The molecular formula is C27H35N5O3. The van der Waals surface area contributed by atoms with E-state index in [1.807, 2.05) is 49.4 Å². The number of pyridine rings is 1. The fourth-order valence-electron chi connectivity index (χ4n) is 5.14. The summed E-state index contributed by atoms with van der Waals surface area (Å²) in [5, 5.41) is 9.09. The van der Waals surface area contributed by atoms with Crippen LogP contribution in [0, 0.1) is 5.92 Å². The van der Waals surface area contributed by atoms with Crippen LogP contribution in [0.25, 0.3) is 0 Å². The van der Waals surface area contributed by atoms with E-state index in [2.05, 4.69) is 20.9 Å². The van der Waals surface area contributed by atoms with E-state index in [-0.39, 0.29) is 23.6 Å². The second kappa shape index (κ2) is 11.4. The van der Waals surface area contributed by atoms with Crippen LogP contribution in [-0.2, 0) is 20.8 Å². The van der Waals surface area contributed by atoms with Crippen LogP contribution in [0.15, 0.2) is 48.7 Å². The minimum absolute atomic E-state index is 0.0274. The molecule has 35 heavy (non-hydrogen) atoms. The van der Waals surface area contributed by atoms with E-state index >= 15 is 0 Å². The van der Waals surface area contributed by atoms with Crippen LogP contribution < -0.4 is 20.9 Å². The number of aromatic nitrogens is 1. The maximum absolute atomic E-state index is 14.2. The van der Waals surface area contributed by atoms with Crippen LogP contribution in [0.4, 0.5) is 11.5 Å². The van der Waals surface area contributed by atoms with Gasteiger partial charge in [-0.05, 0) is 56.0 Å². The molecule has 8 nitrogen and oxygen atoms in total. The SMILES string of the molecule is CCN[C@@H](C)C(=O)NC(C(=O)N1c2ncccc2CC1C(=O)Nc1ccccc1)C1CCCCC1. The fraction of sp³-hybridized carbons (Fsp3) is 0.481. The van der Waals surface area contributed by atoms with Crippen molar-refractivity contribution in [3.8, 4) is 0 Å². The van der Waals surface area contributed by atoms with E-state index in [0.717, 1.165) is 37.7 Å². The predicted molar refractivity (Wildman–Crippen MR) is 136 cm³/mol. The molecule has 1 aromatic carbocycles. The second-order valence-electron chi connectivity index (χ2n) is 9.43. The first-order chi connectivity index (χ1) is 17.0. The zero-order valence-corrected chi connectivity index (χ0v) is 20.5. The number of anilines is 2. The molecular weight excluding hydrogens is 442 g/mol. The van der Waals surface area contributed by atoms with Gasteiger partial charge in [0, 0.05) is 18.3 Å². The Balaban J connectivity index is 1.63. The van der Waals surface area contributed by atoms with E-state index in [0.29, 0.717) is 24.5 Å². The van der Waals surface area contributed by atoms with Gasteiger partial charge >= 0.3 is 0 Å². The summed E-state index contributed by atoms with van der Waals surface area (Å²) >= 11 is 0. The number of rotatable bonds is 8. The van der Waals surface area contributed by atoms with E-state index in [4.69, 9.17) is 0 Å². The predicted octanol–water partition coefficient (Wildman–Crippen LogP) is 3.04. The van der Waals surface area contributed by atoms with Crippen molar-refractivity contribution in [3.05, 3.63) is 54.2 Å². The third-order valence-electron chi connectivity index (χ3n) is 6.99. The monoisotopic (exact) mass is 477 g/mol. The zero-order chi connectivity index (χ0) is 24.8. The van der Waals surface area contributed by atoms with Crippen LogP contribution in [0.5, 0.6) is 0 Å². The van der Waals surface area contributed by atoms with Crippen molar-refractivity contribution in [2.75, 3.05) is 16.8 Å². The molecule has 1 saturated carbocycles. The lowest BCUT2D eigenvalue weighted by Crippen LogP contribution is -2.58. The first-order valence-electron chi connectivity index (χ1n) is 12.7. The van der Waals surface area contributed by atoms with E-state index in [1.165, 1.54) is 4.90 Å². The molecule has 1 aliphatic carbocycles. The molecule has 2 aliphatic rings.